The van der Waals surface area contributed by atoms with Crippen LogP contribution in [0.25, 0.3) is 21.9 Å². The number of hydrogen-bond acceptors (Lipinski definition) is 6. The lowest BCUT2D eigenvalue weighted by atomic mass is 10.0. The van der Waals surface area contributed by atoms with E-state index in [9.17, 15) is 24.6 Å². The maximum absolute atomic E-state index is 12.7. The molecule has 0 aliphatic carbocycles. The van der Waals surface area contributed by atoms with Crippen LogP contribution in [0.4, 0.5) is 0 Å². The summed E-state index contributed by atoms with van der Waals surface area (Å²) >= 11 is 0. The third-order valence-electron chi connectivity index (χ3n) is 5.64. The van der Waals surface area contributed by atoms with E-state index in [-0.39, 0.29) is 24.2 Å². The molecule has 2 aromatic heterocycles. The molecule has 0 fully saturated rings. The van der Waals surface area contributed by atoms with Crippen molar-refractivity contribution in [1.82, 2.24) is 10.3 Å². The lowest BCUT2D eigenvalue weighted by molar-refractivity contribution is -0.141. The SMILES string of the molecule is COc1ccc2c(C)c(CC(=O)N[C@@H](Cc3c[nH]c4ccc(O)cc34)C(=O)O)c(=O)oc2c1. The number of aromatic nitrogens is 1. The third kappa shape index (κ3) is 4.38. The molecule has 170 valence electrons. The van der Waals surface area contributed by atoms with Crippen molar-refractivity contribution in [3.05, 3.63) is 69.7 Å². The number of hydrogen-bond donors (Lipinski definition) is 4. The van der Waals surface area contributed by atoms with Crippen LogP contribution in [-0.2, 0) is 22.4 Å². The van der Waals surface area contributed by atoms with Crippen LogP contribution >= 0.6 is 0 Å². The fourth-order valence-corrected chi connectivity index (χ4v) is 3.87. The first kappa shape index (κ1) is 21.9. The fraction of sp³-hybridized carbons (Fsp3) is 0.208. The second-order valence-electron chi connectivity index (χ2n) is 7.74. The van der Waals surface area contributed by atoms with Crippen molar-refractivity contribution >= 4 is 33.7 Å². The quantitative estimate of drug-likeness (QED) is 0.317. The number of aryl methyl sites for hydroxylation is 1. The maximum Gasteiger partial charge on any atom is 0.340 e. The van der Waals surface area contributed by atoms with E-state index in [0.717, 1.165) is 5.52 Å². The molecular weight excluding hydrogens is 428 g/mol. The molecule has 9 heteroatoms. The van der Waals surface area contributed by atoms with Gasteiger partial charge in [0, 0.05) is 35.0 Å². The average molecular weight is 450 g/mol. The first-order chi connectivity index (χ1) is 15.8. The number of rotatable bonds is 7. The Balaban J connectivity index is 1.56. The number of phenols is 1. The van der Waals surface area contributed by atoms with Gasteiger partial charge in [-0.1, -0.05) is 0 Å². The summed E-state index contributed by atoms with van der Waals surface area (Å²) < 4.78 is 10.5. The van der Waals surface area contributed by atoms with Gasteiger partial charge in [0.2, 0.25) is 5.91 Å². The number of fused-ring (bicyclic) bond motifs is 2. The Kier molecular flexibility index (Phi) is 5.78. The van der Waals surface area contributed by atoms with Gasteiger partial charge in [0.05, 0.1) is 19.1 Å². The number of phenolic OH excluding ortho intramolecular Hbond substituents is 1. The molecule has 1 atom stereocenters. The van der Waals surface area contributed by atoms with Gasteiger partial charge in [-0.05, 0) is 48.4 Å². The molecule has 4 N–H and O–H groups in total. The number of H-pyrrole nitrogens is 1. The minimum Gasteiger partial charge on any atom is -0.508 e. The van der Waals surface area contributed by atoms with Crippen LogP contribution in [0.15, 0.2) is 51.8 Å². The Bertz CT molecular complexity index is 1430. The van der Waals surface area contributed by atoms with Crippen LogP contribution in [0.3, 0.4) is 0 Å². The van der Waals surface area contributed by atoms with Gasteiger partial charge in [0.25, 0.3) is 0 Å². The number of benzene rings is 2. The van der Waals surface area contributed by atoms with Crippen molar-refractivity contribution in [3.8, 4) is 11.5 Å². The summed E-state index contributed by atoms with van der Waals surface area (Å²) in [5.74, 6) is -1.25. The van der Waals surface area contributed by atoms with Gasteiger partial charge >= 0.3 is 11.6 Å². The van der Waals surface area contributed by atoms with Crippen LogP contribution in [-0.4, -0.2) is 40.2 Å². The van der Waals surface area contributed by atoms with E-state index >= 15 is 0 Å². The number of aromatic amines is 1. The van der Waals surface area contributed by atoms with Crippen LogP contribution in [0.1, 0.15) is 16.7 Å². The van der Waals surface area contributed by atoms with E-state index in [2.05, 4.69) is 10.3 Å². The summed E-state index contributed by atoms with van der Waals surface area (Å²) in [5.41, 5.74) is 1.78. The summed E-state index contributed by atoms with van der Waals surface area (Å²) in [4.78, 5) is 40.0. The smallest absolute Gasteiger partial charge is 0.340 e. The molecule has 1 amide bonds. The summed E-state index contributed by atoms with van der Waals surface area (Å²) in [5, 5.41) is 23.2. The van der Waals surface area contributed by atoms with E-state index in [1.54, 1.807) is 37.4 Å². The van der Waals surface area contributed by atoms with Gasteiger partial charge in [0.15, 0.2) is 0 Å². The van der Waals surface area contributed by atoms with Crippen molar-refractivity contribution < 1.29 is 29.0 Å². The minimum atomic E-state index is -1.23. The molecule has 0 saturated carbocycles. The number of methoxy groups -OCH3 is 1. The normalized spacial score (nSPS) is 12.1. The maximum atomic E-state index is 12.7. The van der Waals surface area contributed by atoms with Crippen LogP contribution in [0.2, 0.25) is 0 Å². The fourth-order valence-electron chi connectivity index (χ4n) is 3.87. The third-order valence-corrected chi connectivity index (χ3v) is 5.64. The average Bonchev–Trinajstić information content (AvgIpc) is 3.17. The summed E-state index contributed by atoms with van der Waals surface area (Å²) in [6.07, 6.45) is 1.31. The van der Waals surface area contributed by atoms with Crippen molar-refractivity contribution in [3.63, 3.8) is 0 Å². The van der Waals surface area contributed by atoms with Crippen LogP contribution in [0, 0.1) is 6.92 Å². The van der Waals surface area contributed by atoms with E-state index in [0.29, 0.717) is 33.2 Å². The standard InChI is InChI=1S/C24H22N2O7/c1-12-16-5-4-15(32-2)9-21(16)33-24(31)17(12)10-22(28)26-20(23(29)30)7-13-11-25-19-6-3-14(27)8-18(13)19/h3-6,8-9,11,20,25,27H,7,10H2,1-2H3,(H,26,28)(H,29,30)/t20-/m0/s1. The molecule has 0 radical (unpaired) electrons. The Labute approximate surface area is 187 Å². The van der Waals surface area contributed by atoms with Gasteiger partial charge in [-0.2, -0.15) is 0 Å². The van der Waals surface area contributed by atoms with Gasteiger partial charge < -0.3 is 29.7 Å². The molecule has 4 aromatic rings. The highest BCUT2D eigenvalue weighted by atomic mass is 16.5. The number of amides is 1. The minimum absolute atomic E-state index is 0.00433. The number of aromatic hydroxyl groups is 1. The number of ether oxygens (including phenoxy) is 1. The number of carboxylic acid groups (broad SMARTS) is 1. The molecule has 0 aliphatic rings. The molecule has 33 heavy (non-hydrogen) atoms. The van der Waals surface area contributed by atoms with Crippen molar-refractivity contribution in [2.24, 2.45) is 0 Å². The van der Waals surface area contributed by atoms with E-state index in [1.165, 1.54) is 19.2 Å². The van der Waals surface area contributed by atoms with Crippen molar-refractivity contribution in [2.45, 2.75) is 25.8 Å². The van der Waals surface area contributed by atoms with Gasteiger partial charge in [-0.3, -0.25) is 4.79 Å². The summed E-state index contributed by atoms with van der Waals surface area (Å²) in [6.45, 7) is 1.71. The van der Waals surface area contributed by atoms with E-state index in [4.69, 9.17) is 9.15 Å². The second kappa shape index (κ2) is 8.70. The highest BCUT2D eigenvalue weighted by Crippen LogP contribution is 2.25. The molecule has 9 nitrogen and oxygen atoms in total. The number of nitrogens with one attached hydrogen (secondary N) is 2. The monoisotopic (exact) mass is 450 g/mol. The zero-order valence-electron chi connectivity index (χ0n) is 18.0. The van der Waals surface area contributed by atoms with Crippen LogP contribution in [0.5, 0.6) is 11.5 Å². The number of carboxylic acids is 1. The Hall–Kier alpha value is -4.27. The largest absolute Gasteiger partial charge is 0.508 e. The first-order valence-corrected chi connectivity index (χ1v) is 10.2. The predicted octanol–water partition coefficient (Wildman–Crippen LogP) is 2.65. The zero-order valence-corrected chi connectivity index (χ0v) is 18.0. The number of aliphatic carboxylic acids is 1. The number of carbonyl (C=O) groups is 2. The molecule has 0 saturated heterocycles. The topological polar surface area (TPSA) is 142 Å². The Morgan fingerprint density at radius 1 is 1.18 bits per heavy atom. The van der Waals surface area contributed by atoms with Gasteiger partial charge in [-0.25, -0.2) is 9.59 Å². The van der Waals surface area contributed by atoms with Gasteiger partial charge in [0.1, 0.15) is 23.1 Å². The molecule has 0 bridgehead atoms. The van der Waals surface area contributed by atoms with Gasteiger partial charge in [-0.15, -0.1) is 0 Å². The highest BCUT2D eigenvalue weighted by Gasteiger charge is 2.24. The molecule has 2 heterocycles. The molecule has 2 aromatic carbocycles. The molecule has 0 aliphatic heterocycles. The van der Waals surface area contributed by atoms with E-state index in [1.807, 2.05) is 0 Å². The molecular formula is C24H22N2O7. The van der Waals surface area contributed by atoms with Crippen molar-refractivity contribution in [2.75, 3.05) is 7.11 Å². The number of carbonyl (C=O) groups excluding carboxylic acids is 1. The predicted molar refractivity (Wildman–Crippen MR) is 121 cm³/mol. The zero-order chi connectivity index (χ0) is 23.7. The first-order valence-electron chi connectivity index (χ1n) is 10.2. The van der Waals surface area contributed by atoms with E-state index < -0.39 is 23.5 Å². The molecule has 0 spiro atoms. The summed E-state index contributed by atoms with van der Waals surface area (Å²) in [6, 6.07) is 8.55. The second-order valence-corrected chi connectivity index (χ2v) is 7.74. The summed E-state index contributed by atoms with van der Waals surface area (Å²) in [7, 11) is 1.50. The lowest BCUT2D eigenvalue weighted by Crippen LogP contribution is -2.43. The Morgan fingerprint density at radius 3 is 2.70 bits per heavy atom. The lowest BCUT2D eigenvalue weighted by Gasteiger charge is -2.15. The Morgan fingerprint density at radius 2 is 1.97 bits per heavy atom. The highest BCUT2D eigenvalue weighted by molar-refractivity contribution is 5.89. The molecule has 0 unspecified atom stereocenters. The molecule has 4 rings (SSSR count). The van der Waals surface area contributed by atoms with Crippen molar-refractivity contribution in [1.29, 1.82) is 0 Å². The van der Waals surface area contributed by atoms with Crippen LogP contribution < -0.4 is 15.7 Å².